The normalized spacial score (nSPS) is 9.78. The minimum atomic E-state index is 0. The van der Waals surface area contributed by atoms with Crippen molar-refractivity contribution in [1.82, 2.24) is 0 Å². The van der Waals surface area contributed by atoms with Crippen molar-refractivity contribution in [2.75, 3.05) is 0 Å². The molecule has 1 unspecified atom stereocenters. The zero-order chi connectivity index (χ0) is 13.8. The van der Waals surface area contributed by atoms with Gasteiger partial charge in [0.1, 0.15) is 5.75 Å². The summed E-state index contributed by atoms with van der Waals surface area (Å²) in [5.41, 5.74) is 1.01. The second kappa shape index (κ2) is 15.0. The van der Waals surface area contributed by atoms with Gasteiger partial charge < -0.3 is 17.6 Å². The average molecular weight is 275 g/mol. The van der Waals surface area contributed by atoms with Gasteiger partial charge in [-0.25, -0.2) is 0 Å². The summed E-state index contributed by atoms with van der Waals surface area (Å²) in [5.74, 6) is 2.05. The number of hydrogen-bond acceptors (Lipinski definition) is 2. The van der Waals surface area contributed by atoms with E-state index >= 15 is 0 Å². The third kappa shape index (κ3) is 9.91. The van der Waals surface area contributed by atoms with Gasteiger partial charge in [-0.15, -0.1) is 19.1 Å². The van der Waals surface area contributed by atoms with Crippen LogP contribution in [0.2, 0.25) is 0 Å². The fourth-order valence-electron chi connectivity index (χ4n) is 1.16. The van der Waals surface area contributed by atoms with E-state index in [4.69, 9.17) is 5.11 Å². The largest absolute Gasteiger partial charge is 1.00 e. The molecule has 0 fully saturated rings. The maximum Gasteiger partial charge on any atom is 1.00 e. The van der Waals surface area contributed by atoms with Crippen LogP contribution in [-0.2, 0) is 0 Å². The minimum Gasteiger partial charge on any atom is -1.00 e. The van der Waals surface area contributed by atoms with Crippen LogP contribution in [0.3, 0.4) is 0 Å². The van der Waals surface area contributed by atoms with Crippen LogP contribution in [0.1, 0.15) is 33.7 Å². The molecule has 1 aromatic carbocycles. The Morgan fingerprint density at radius 3 is 2.00 bits per heavy atom. The van der Waals surface area contributed by atoms with Crippen molar-refractivity contribution in [3.8, 4) is 5.75 Å². The molecular formula is C15H24KO2-. The van der Waals surface area contributed by atoms with Gasteiger partial charge in [0.25, 0.3) is 0 Å². The molecule has 2 N–H and O–H groups in total. The van der Waals surface area contributed by atoms with E-state index in [1.165, 1.54) is 5.92 Å². The summed E-state index contributed by atoms with van der Waals surface area (Å²) in [7, 11) is 0. The molecule has 0 heterocycles. The first kappa shape index (κ1) is 23.1. The van der Waals surface area contributed by atoms with Gasteiger partial charge in [0.05, 0.1) is 6.26 Å². The molecule has 0 saturated carbocycles. The summed E-state index contributed by atoms with van der Waals surface area (Å²) in [6, 6.07) is 7.49. The number of aromatic hydroxyl groups is 1. The van der Waals surface area contributed by atoms with Gasteiger partial charge in [0.2, 0.25) is 0 Å². The van der Waals surface area contributed by atoms with E-state index in [0.717, 1.165) is 11.8 Å². The van der Waals surface area contributed by atoms with Gasteiger partial charge in [-0.1, -0.05) is 31.7 Å². The molecule has 0 aliphatic rings. The topological polar surface area (TPSA) is 40.5 Å². The summed E-state index contributed by atoms with van der Waals surface area (Å²) < 4.78 is 0. The Kier molecular flexibility index (Phi) is 19.2. The Labute approximate surface area is 155 Å². The number of rotatable bonds is 2. The first-order valence-corrected chi connectivity index (χ1v) is 5.37. The first-order valence-electron chi connectivity index (χ1n) is 5.37. The second-order valence-electron chi connectivity index (χ2n) is 3.54. The zero-order valence-electron chi connectivity index (χ0n) is 13.0. The van der Waals surface area contributed by atoms with Crippen molar-refractivity contribution in [2.24, 2.45) is 0 Å². The van der Waals surface area contributed by atoms with E-state index in [9.17, 15) is 5.11 Å². The van der Waals surface area contributed by atoms with Crippen molar-refractivity contribution < 1.29 is 63.0 Å². The Morgan fingerprint density at radius 2 is 1.67 bits per heavy atom. The molecular weight excluding hydrogens is 251 g/mol. The van der Waals surface area contributed by atoms with Crippen LogP contribution in [0, 0.1) is 5.92 Å². The molecule has 1 aromatic rings. The molecule has 3 heteroatoms. The van der Waals surface area contributed by atoms with Crippen molar-refractivity contribution in [3.05, 3.63) is 61.7 Å². The fraction of sp³-hybridized carbons (Fsp3) is 0.267. The number of phenolic OH excluding ortho intramolecular Hbond substituents is 1. The van der Waals surface area contributed by atoms with Gasteiger partial charge in [-0.05, 0) is 11.6 Å². The van der Waals surface area contributed by atoms with Gasteiger partial charge in [0.15, 0.2) is 0 Å². The molecule has 0 aliphatic carbocycles. The summed E-state index contributed by atoms with van der Waals surface area (Å²) in [6.07, 6.45) is 0.750. The average Bonchev–Trinajstić information content (AvgIpc) is 2.32. The van der Waals surface area contributed by atoms with E-state index in [2.05, 4.69) is 40.5 Å². The number of phenols is 1. The van der Waals surface area contributed by atoms with Crippen LogP contribution in [-0.4, -0.2) is 10.2 Å². The number of para-hydroxylation sites is 1. The smallest absolute Gasteiger partial charge is 1.00 e. The van der Waals surface area contributed by atoms with E-state index in [0.29, 0.717) is 11.7 Å². The molecule has 1 atom stereocenters. The quantitative estimate of drug-likeness (QED) is 0.373. The maximum absolute atomic E-state index is 9.52. The molecule has 0 radical (unpaired) electrons. The summed E-state index contributed by atoms with van der Waals surface area (Å²) in [4.78, 5) is 0. The Bertz CT molecular complexity index is 317. The van der Waals surface area contributed by atoms with Crippen LogP contribution in [0.4, 0.5) is 0 Å². The molecule has 0 bridgehead atoms. The van der Waals surface area contributed by atoms with Crippen molar-refractivity contribution in [1.29, 1.82) is 0 Å². The number of benzene rings is 1. The summed E-state index contributed by atoms with van der Waals surface area (Å²) in [5, 5.41) is 16.8. The standard InChI is InChI=1S/C11H15O.C2H4O.C2H4.K.H/c1-8(2)9(3)10-6-4-5-7-11(10)12;1-2-3;1-2;;/h4-7,9,12H,1-3H3;2-3H,1H2;1-2H2;;/q-1;;;+1;-1. The van der Waals surface area contributed by atoms with Gasteiger partial charge >= 0.3 is 51.4 Å². The minimum absolute atomic E-state index is 0. The number of aliphatic hydroxyl groups excluding tert-OH is 1. The van der Waals surface area contributed by atoms with Crippen LogP contribution in [0.5, 0.6) is 5.75 Å². The SMILES string of the molecule is C=C.C=CO.C[C-](C)C(C)c1ccccc1O.[H-].[K+]. The van der Waals surface area contributed by atoms with Gasteiger partial charge in [0, 0.05) is 0 Å². The van der Waals surface area contributed by atoms with Crippen molar-refractivity contribution >= 4 is 0 Å². The fourth-order valence-corrected chi connectivity index (χ4v) is 1.16. The zero-order valence-corrected chi connectivity index (χ0v) is 15.1. The molecule has 0 saturated heterocycles. The van der Waals surface area contributed by atoms with Crippen LogP contribution in [0.15, 0.2) is 50.3 Å². The molecule has 0 aromatic heterocycles. The van der Waals surface area contributed by atoms with Crippen LogP contribution in [0.25, 0.3) is 0 Å². The monoisotopic (exact) mass is 275 g/mol. The third-order valence-corrected chi connectivity index (χ3v) is 2.27. The summed E-state index contributed by atoms with van der Waals surface area (Å²) in [6.45, 7) is 15.2. The van der Waals surface area contributed by atoms with E-state index in [1.807, 2.05) is 18.2 Å². The molecule has 1 rings (SSSR count). The molecule has 0 amide bonds. The second-order valence-corrected chi connectivity index (χ2v) is 3.54. The van der Waals surface area contributed by atoms with Crippen molar-refractivity contribution in [2.45, 2.75) is 26.7 Å². The van der Waals surface area contributed by atoms with Gasteiger partial charge in [-0.2, -0.15) is 13.8 Å². The third-order valence-electron chi connectivity index (χ3n) is 2.27. The van der Waals surface area contributed by atoms with Crippen molar-refractivity contribution in [3.63, 3.8) is 0 Å². The Morgan fingerprint density at radius 1 is 1.28 bits per heavy atom. The Balaban J connectivity index is -0.000000142. The molecule has 0 aliphatic heterocycles. The Hall–Kier alpha value is -0.0636. The van der Waals surface area contributed by atoms with Crippen LogP contribution < -0.4 is 51.4 Å². The molecule has 98 valence electrons. The molecule has 0 spiro atoms. The summed E-state index contributed by atoms with van der Waals surface area (Å²) >= 11 is 0. The maximum atomic E-state index is 9.52. The molecule has 2 nitrogen and oxygen atoms in total. The number of aliphatic hydroxyl groups is 1. The predicted octanol–water partition coefficient (Wildman–Crippen LogP) is 1.72. The van der Waals surface area contributed by atoms with E-state index in [1.54, 1.807) is 6.07 Å². The predicted molar refractivity (Wildman–Crippen MR) is 76.3 cm³/mol. The van der Waals surface area contributed by atoms with E-state index < -0.39 is 0 Å². The first-order chi connectivity index (χ1) is 8.04. The van der Waals surface area contributed by atoms with Gasteiger partial charge in [-0.3, -0.25) is 0 Å². The number of hydrogen-bond donors (Lipinski definition) is 2. The van der Waals surface area contributed by atoms with E-state index in [-0.39, 0.29) is 52.8 Å². The molecule has 18 heavy (non-hydrogen) atoms. The van der Waals surface area contributed by atoms with Crippen LogP contribution >= 0.6 is 0 Å².